The third kappa shape index (κ3) is 12.0. The lowest BCUT2D eigenvalue weighted by molar-refractivity contribution is -0.150. The number of nitrogens with one attached hydrogen (secondary N) is 5. The third-order valence-electron chi connectivity index (χ3n) is 7.78. The van der Waals surface area contributed by atoms with E-state index in [4.69, 9.17) is 10.5 Å². The molecule has 13 nitrogen and oxygen atoms in total. The molecular formula is C31H58N6O7. The van der Waals surface area contributed by atoms with E-state index in [1.54, 1.807) is 83.1 Å². The number of carbonyl (C=O) groups excluding carboxylic acids is 6. The van der Waals surface area contributed by atoms with Gasteiger partial charge in [-0.25, -0.2) is 0 Å². The van der Waals surface area contributed by atoms with E-state index in [0.29, 0.717) is 0 Å². The van der Waals surface area contributed by atoms with Crippen LogP contribution in [0.15, 0.2) is 0 Å². The van der Waals surface area contributed by atoms with E-state index in [1.165, 1.54) is 7.11 Å². The second-order valence-electron chi connectivity index (χ2n) is 15.4. The number of hydrogen-bond donors (Lipinski definition) is 6. The van der Waals surface area contributed by atoms with Crippen LogP contribution in [0.4, 0.5) is 0 Å². The Hall–Kier alpha value is -3.22. The smallest absolute Gasteiger partial charge is 0.313 e. The normalized spacial score (nSPS) is 13.0. The molecule has 0 unspecified atom stereocenters. The van der Waals surface area contributed by atoms with Gasteiger partial charge in [0.05, 0.1) is 39.6 Å². The summed E-state index contributed by atoms with van der Waals surface area (Å²) in [5.74, 6) is -2.09. The maximum absolute atomic E-state index is 13.0. The number of amides is 5. The number of rotatable bonds is 17. The van der Waals surface area contributed by atoms with Crippen molar-refractivity contribution in [3.63, 3.8) is 0 Å². The highest BCUT2D eigenvalue weighted by molar-refractivity contribution is 5.88. The number of esters is 1. The zero-order valence-corrected chi connectivity index (χ0v) is 29.2. The van der Waals surface area contributed by atoms with Crippen molar-refractivity contribution >= 4 is 35.5 Å². The van der Waals surface area contributed by atoms with E-state index in [1.807, 2.05) is 0 Å². The summed E-state index contributed by atoms with van der Waals surface area (Å²) in [6, 6.07) is 0. The average molecular weight is 627 g/mol. The standard InChI is InChI=1S/C31H58N6O7/c1-26(2,14-32)20(38)33-15-27(3,4)21(39)34-16-28(5,6)22(40)35-17-29(7,8)23(41)36-18-30(9,10)24(42)37-19-31(11,12)25(43)44-13/h14-19,32H2,1-13H3,(H,33,38)(H,34,39)(H,35,40)(H,36,41)(H,37,42). The first-order chi connectivity index (χ1) is 19.7. The molecule has 0 rings (SSSR count). The van der Waals surface area contributed by atoms with Crippen molar-refractivity contribution in [2.24, 2.45) is 38.2 Å². The summed E-state index contributed by atoms with van der Waals surface area (Å²) in [7, 11) is 1.28. The summed E-state index contributed by atoms with van der Waals surface area (Å²) >= 11 is 0. The highest BCUT2D eigenvalue weighted by Crippen LogP contribution is 2.22. The van der Waals surface area contributed by atoms with Gasteiger partial charge in [0.2, 0.25) is 29.5 Å². The van der Waals surface area contributed by atoms with Gasteiger partial charge >= 0.3 is 5.97 Å². The molecule has 44 heavy (non-hydrogen) atoms. The van der Waals surface area contributed by atoms with Crippen LogP contribution in [-0.2, 0) is 33.5 Å². The van der Waals surface area contributed by atoms with Crippen molar-refractivity contribution in [3.05, 3.63) is 0 Å². The quantitative estimate of drug-likeness (QED) is 0.128. The van der Waals surface area contributed by atoms with E-state index in [0.717, 1.165) is 0 Å². The fraction of sp³-hybridized carbons (Fsp3) is 0.806. The maximum atomic E-state index is 13.0. The predicted molar refractivity (Wildman–Crippen MR) is 169 cm³/mol. The van der Waals surface area contributed by atoms with Gasteiger partial charge < -0.3 is 37.1 Å². The van der Waals surface area contributed by atoms with Crippen LogP contribution in [0.3, 0.4) is 0 Å². The zero-order chi connectivity index (χ0) is 34.9. The molecule has 0 heterocycles. The first-order valence-corrected chi connectivity index (χ1v) is 14.9. The molecule has 0 aliphatic carbocycles. The molecule has 0 radical (unpaired) electrons. The first kappa shape index (κ1) is 40.8. The topological polar surface area (TPSA) is 198 Å². The first-order valence-electron chi connectivity index (χ1n) is 14.9. The lowest BCUT2D eigenvalue weighted by atomic mass is 9.87. The molecule has 0 saturated heterocycles. The van der Waals surface area contributed by atoms with Gasteiger partial charge in [-0.05, 0) is 83.1 Å². The molecule has 0 aliphatic heterocycles. The molecule has 0 saturated carbocycles. The van der Waals surface area contributed by atoms with Crippen molar-refractivity contribution in [1.82, 2.24) is 26.6 Å². The molecule has 0 aromatic rings. The molecular weight excluding hydrogens is 568 g/mol. The van der Waals surface area contributed by atoms with Crippen LogP contribution in [0, 0.1) is 32.5 Å². The summed E-state index contributed by atoms with van der Waals surface area (Å²) in [4.78, 5) is 75.9. The lowest BCUT2D eigenvalue weighted by Gasteiger charge is -2.32. The number of nitrogens with two attached hydrogens (primary N) is 1. The molecule has 0 spiro atoms. The van der Waals surface area contributed by atoms with Crippen molar-refractivity contribution in [2.75, 3.05) is 46.4 Å². The summed E-state index contributed by atoms with van der Waals surface area (Å²) in [6.45, 7) is 20.6. The fourth-order valence-corrected chi connectivity index (χ4v) is 3.46. The van der Waals surface area contributed by atoms with Crippen LogP contribution in [0.2, 0.25) is 0 Å². The minimum atomic E-state index is -1.01. The maximum Gasteiger partial charge on any atom is 0.313 e. The molecule has 7 N–H and O–H groups in total. The lowest BCUT2D eigenvalue weighted by Crippen LogP contribution is -2.53. The second-order valence-corrected chi connectivity index (χ2v) is 15.4. The van der Waals surface area contributed by atoms with Crippen LogP contribution in [0.25, 0.3) is 0 Å². The molecule has 0 aliphatic rings. The average Bonchev–Trinajstić information content (AvgIpc) is 2.93. The summed E-state index contributed by atoms with van der Waals surface area (Å²) in [5, 5.41) is 13.9. The molecule has 5 amide bonds. The Morgan fingerprint density at radius 1 is 0.432 bits per heavy atom. The van der Waals surface area contributed by atoms with Crippen LogP contribution >= 0.6 is 0 Å². The Morgan fingerprint density at radius 3 is 0.841 bits per heavy atom. The van der Waals surface area contributed by atoms with Crippen LogP contribution in [-0.4, -0.2) is 81.9 Å². The number of ether oxygens (including phenoxy) is 1. The molecule has 254 valence electrons. The van der Waals surface area contributed by atoms with Crippen molar-refractivity contribution in [2.45, 2.75) is 83.1 Å². The largest absolute Gasteiger partial charge is 0.469 e. The Kier molecular flexibility index (Phi) is 14.1. The molecule has 0 aromatic heterocycles. The Labute approximate surface area is 263 Å². The molecule has 0 fully saturated rings. The van der Waals surface area contributed by atoms with Crippen molar-refractivity contribution < 1.29 is 33.5 Å². The Bertz CT molecular complexity index is 1080. The van der Waals surface area contributed by atoms with E-state index >= 15 is 0 Å². The number of carbonyl (C=O) groups is 6. The third-order valence-corrected chi connectivity index (χ3v) is 7.78. The number of hydrogen-bond acceptors (Lipinski definition) is 8. The second kappa shape index (κ2) is 15.2. The van der Waals surface area contributed by atoms with Gasteiger partial charge in [-0.1, -0.05) is 0 Å². The van der Waals surface area contributed by atoms with E-state index in [2.05, 4.69) is 26.6 Å². The monoisotopic (exact) mass is 626 g/mol. The van der Waals surface area contributed by atoms with E-state index in [-0.39, 0.29) is 68.8 Å². The summed E-state index contributed by atoms with van der Waals surface area (Å²) < 4.78 is 4.76. The molecule has 0 atom stereocenters. The van der Waals surface area contributed by atoms with Crippen molar-refractivity contribution in [1.29, 1.82) is 0 Å². The molecule has 13 heteroatoms. The summed E-state index contributed by atoms with van der Waals surface area (Å²) in [5.41, 5.74) is 0.0680. The van der Waals surface area contributed by atoms with E-state index in [9.17, 15) is 28.8 Å². The van der Waals surface area contributed by atoms with Gasteiger partial charge in [0, 0.05) is 39.3 Å². The Balaban J connectivity index is 4.99. The number of methoxy groups -OCH3 is 1. The van der Waals surface area contributed by atoms with Gasteiger partial charge in [0.1, 0.15) is 0 Å². The minimum Gasteiger partial charge on any atom is -0.469 e. The van der Waals surface area contributed by atoms with E-state index < -0.39 is 38.5 Å². The Morgan fingerprint density at radius 2 is 0.636 bits per heavy atom. The van der Waals surface area contributed by atoms with Crippen molar-refractivity contribution in [3.8, 4) is 0 Å². The SMILES string of the molecule is COC(=O)C(C)(C)CNC(=O)C(C)(C)CNC(=O)C(C)(C)CNC(=O)C(C)(C)CNC(=O)C(C)(C)CNC(=O)C(C)(C)CN. The fourth-order valence-electron chi connectivity index (χ4n) is 3.46. The van der Waals surface area contributed by atoms with Gasteiger partial charge in [0.25, 0.3) is 0 Å². The van der Waals surface area contributed by atoms with Gasteiger partial charge in [-0.15, -0.1) is 0 Å². The van der Waals surface area contributed by atoms with Crippen LogP contribution in [0.1, 0.15) is 83.1 Å². The zero-order valence-electron chi connectivity index (χ0n) is 29.2. The van der Waals surface area contributed by atoms with Crippen LogP contribution in [0.5, 0.6) is 0 Å². The molecule has 0 aromatic carbocycles. The molecule has 0 bridgehead atoms. The predicted octanol–water partition coefficient (Wildman–Crippen LogP) is 0.856. The van der Waals surface area contributed by atoms with Gasteiger partial charge in [0.15, 0.2) is 0 Å². The minimum absolute atomic E-state index is 0.0173. The van der Waals surface area contributed by atoms with Crippen LogP contribution < -0.4 is 32.3 Å². The highest BCUT2D eigenvalue weighted by atomic mass is 16.5. The summed E-state index contributed by atoms with van der Waals surface area (Å²) in [6.07, 6.45) is 0. The highest BCUT2D eigenvalue weighted by Gasteiger charge is 2.37. The van der Waals surface area contributed by atoms with Gasteiger partial charge in [-0.2, -0.15) is 0 Å². The van der Waals surface area contributed by atoms with Gasteiger partial charge in [-0.3, -0.25) is 28.8 Å².